The van der Waals surface area contributed by atoms with Crippen LogP contribution in [0.4, 0.5) is 5.69 Å². The third-order valence-corrected chi connectivity index (χ3v) is 6.72. The quantitative estimate of drug-likeness (QED) is 0.313. The van der Waals surface area contributed by atoms with E-state index in [1.165, 1.54) is 17.3 Å². The van der Waals surface area contributed by atoms with Crippen molar-refractivity contribution >= 4 is 17.4 Å². The van der Waals surface area contributed by atoms with E-state index in [9.17, 15) is 9.59 Å². The highest BCUT2D eigenvalue weighted by Gasteiger charge is 2.09. The number of hydrogen-bond donors (Lipinski definition) is 1. The SMILES string of the molecule is Cc1ccc(CNc2cccc(-c3cc(C)ccc3CSc3cccccc3=O)cc2=O)cc1. The number of aryl methyl sites for hydroxylation is 2. The maximum atomic E-state index is 13.0. The van der Waals surface area contributed by atoms with Gasteiger partial charge in [0.1, 0.15) is 0 Å². The molecule has 0 aliphatic heterocycles. The largest absolute Gasteiger partial charge is 0.378 e. The number of benzene rings is 2. The maximum absolute atomic E-state index is 13.0. The Labute approximate surface area is 204 Å². The zero-order valence-corrected chi connectivity index (χ0v) is 20.2. The smallest absolute Gasteiger partial charge is 0.202 e. The van der Waals surface area contributed by atoms with E-state index >= 15 is 0 Å². The molecule has 0 aliphatic rings. The normalized spacial score (nSPS) is 10.6. The highest BCUT2D eigenvalue weighted by Crippen LogP contribution is 2.29. The summed E-state index contributed by atoms with van der Waals surface area (Å²) in [6.45, 7) is 4.69. The van der Waals surface area contributed by atoms with Crippen LogP contribution in [-0.4, -0.2) is 0 Å². The van der Waals surface area contributed by atoms with Crippen LogP contribution >= 0.6 is 11.8 Å². The zero-order chi connectivity index (χ0) is 23.9. The first-order chi connectivity index (χ1) is 16.5. The summed E-state index contributed by atoms with van der Waals surface area (Å²) in [4.78, 5) is 26.0. The van der Waals surface area contributed by atoms with E-state index in [0.29, 0.717) is 22.9 Å². The van der Waals surface area contributed by atoms with Crippen molar-refractivity contribution in [1.29, 1.82) is 0 Å². The molecule has 4 aromatic carbocycles. The van der Waals surface area contributed by atoms with Gasteiger partial charge in [-0.05, 0) is 60.4 Å². The molecule has 170 valence electrons. The van der Waals surface area contributed by atoms with Gasteiger partial charge in [0.25, 0.3) is 0 Å². The number of thioether (sulfide) groups is 1. The minimum Gasteiger partial charge on any atom is -0.378 e. The van der Waals surface area contributed by atoms with Crippen LogP contribution in [0.5, 0.6) is 0 Å². The van der Waals surface area contributed by atoms with Crippen LogP contribution in [0.1, 0.15) is 22.3 Å². The Kier molecular flexibility index (Phi) is 7.61. The summed E-state index contributed by atoms with van der Waals surface area (Å²) < 4.78 is 0. The zero-order valence-electron chi connectivity index (χ0n) is 19.4. The van der Waals surface area contributed by atoms with Gasteiger partial charge < -0.3 is 5.32 Å². The van der Waals surface area contributed by atoms with E-state index in [0.717, 1.165) is 27.8 Å². The first kappa shape index (κ1) is 23.5. The molecule has 4 rings (SSSR count). The molecule has 0 saturated carbocycles. The van der Waals surface area contributed by atoms with Gasteiger partial charge in [-0.1, -0.05) is 83.9 Å². The lowest BCUT2D eigenvalue weighted by molar-refractivity contribution is 1.14. The summed E-state index contributed by atoms with van der Waals surface area (Å²) in [5, 5.41) is 3.28. The van der Waals surface area contributed by atoms with Crippen LogP contribution in [0.2, 0.25) is 0 Å². The van der Waals surface area contributed by atoms with Crippen LogP contribution in [0.15, 0.2) is 112 Å². The summed E-state index contributed by atoms with van der Waals surface area (Å²) >= 11 is 1.52. The predicted molar refractivity (Wildman–Crippen MR) is 144 cm³/mol. The predicted octanol–water partition coefficient (Wildman–Crippen LogP) is 6.60. The van der Waals surface area contributed by atoms with Crippen molar-refractivity contribution in [2.24, 2.45) is 0 Å². The second-order valence-electron chi connectivity index (χ2n) is 8.33. The second-order valence-corrected chi connectivity index (χ2v) is 9.35. The monoisotopic (exact) mass is 465 g/mol. The van der Waals surface area contributed by atoms with Gasteiger partial charge in [-0.2, -0.15) is 0 Å². The van der Waals surface area contributed by atoms with E-state index in [4.69, 9.17) is 0 Å². The van der Waals surface area contributed by atoms with Gasteiger partial charge in [-0.15, -0.1) is 11.8 Å². The molecular weight excluding hydrogens is 438 g/mol. The number of hydrogen-bond acceptors (Lipinski definition) is 4. The van der Waals surface area contributed by atoms with Crippen LogP contribution in [0.25, 0.3) is 11.1 Å². The Hall–Kier alpha value is -3.63. The van der Waals surface area contributed by atoms with Crippen molar-refractivity contribution in [1.82, 2.24) is 0 Å². The fourth-order valence-corrected chi connectivity index (χ4v) is 4.64. The van der Waals surface area contributed by atoms with Crippen LogP contribution in [0.3, 0.4) is 0 Å². The third-order valence-electron chi connectivity index (χ3n) is 5.61. The van der Waals surface area contributed by atoms with Crippen molar-refractivity contribution in [3.8, 4) is 11.1 Å². The van der Waals surface area contributed by atoms with Crippen molar-refractivity contribution in [2.45, 2.75) is 31.0 Å². The molecule has 3 nitrogen and oxygen atoms in total. The lowest BCUT2D eigenvalue weighted by Crippen LogP contribution is -2.08. The van der Waals surface area contributed by atoms with Crippen LogP contribution in [-0.2, 0) is 12.3 Å². The lowest BCUT2D eigenvalue weighted by Gasteiger charge is -2.10. The molecular formula is C30H27NO2S. The maximum Gasteiger partial charge on any atom is 0.202 e. The van der Waals surface area contributed by atoms with E-state index in [1.54, 1.807) is 18.2 Å². The van der Waals surface area contributed by atoms with Gasteiger partial charge in [0.2, 0.25) is 5.43 Å². The standard InChI is InChI=1S/C30H27NO2S/c1-21-11-14-23(15-12-21)19-31-27-8-6-7-24(18-29(27)33)26-17-22(2)13-16-25(26)20-34-30-10-5-3-4-9-28(30)32/h3-18H,19-20H2,1-2H3,(H,31,33). The molecule has 0 radical (unpaired) electrons. The molecule has 0 unspecified atom stereocenters. The Balaban J connectivity index is 1.60. The molecule has 0 atom stereocenters. The Morgan fingerprint density at radius 1 is 0.706 bits per heavy atom. The van der Waals surface area contributed by atoms with E-state index in [1.807, 2.05) is 43.3 Å². The second kappa shape index (κ2) is 11.0. The number of anilines is 1. The molecule has 0 aromatic heterocycles. The molecule has 1 N–H and O–H groups in total. The third kappa shape index (κ3) is 6.03. The van der Waals surface area contributed by atoms with E-state index in [-0.39, 0.29) is 10.9 Å². The highest BCUT2D eigenvalue weighted by molar-refractivity contribution is 7.98. The summed E-state index contributed by atoms with van der Waals surface area (Å²) in [7, 11) is 0. The van der Waals surface area contributed by atoms with E-state index in [2.05, 4.69) is 54.7 Å². The minimum absolute atomic E-state index is 0.0147. The topological polar surface area (TPSA) is 46.2 Å². The molecule has 0 amide bonds. The van der Waals surface area contributed by atoms with Gasteiger partial charge in [0, 0.05) is 12.3 Å². The summed E-state index contributed by atoms with van der Waals surface area (Å²) in [5.41, 5.74) is 6.96. The van der Waals surface area contributed by atoms with Gasteiger partial charge in [0.15, 0.2) is 5.43 Å². The summed E-state index contributed by atoms with van der Waals surface area (Å²) in [6.07, 6.45) is 0. The molecule has 34 heavy (non-hydrogen) atoms. The van der Waals surface area contributed by atoms with Gasteiger partial charge in [-0.3, -0.25) is 9.59 Å². The molecule has 0 fully saturated rings. The highest BCUT2D eigenvalue weighted by atomic mass is 32.2. The van der Waals surface area contributed by atoms with Gasteiger partial charge in [-0.25, -0.2) is 0 Å². The van der Waals surface area contributed by atoms with Crippen molar-refractivity contribution in [3.63, 3.8) is 0 Å². The molecule has 4 aromatic rings. The molecule has 0 aliphatic carbocycles. The van der Waals surface area contributed by atoms with Crippen molar-refractivity contribution < 1.29 is 0 Å². The summed E-state index contributed by atoms with van der Waals surface area (Å²) in [6, 6.07) is 30.9. The Morgan fingerprint density at radius 2 is 1.47 bits per heavy atom. The lowest BCUT2D eigenvalue weighted by atomic mass is 9.99. The van der Waals surface area contributed by atoms with Crippen LogP contribution < -0.4 is 16.2 Å². The Bertz CT molecular complexity index is 1410. The Morgan fingerprint density at radius 3 is 2.29 bits per heavy atom. The average molecular weight is 466 g/mol. The fraction of sp³-hybridized carbons (Fsp3) is 0.133. The first-order valence-electron chi connectivity index (χ1n) is 11.3. The molecule has 0 saturated heterocycles. The molecule has 4 heteroatoms. The average Bonchev–Trinajstić information content (AvgIpc) is 3.15. The van der Waals surface area contributed by atoms with Crippen molar-refractivity contribution in [3.05, 3.63) is 140 Å². The molecule has 0 heterocycles. The number of rotatable bonds is 7. The fourth-order valence-electron chi connectivity index (χ4n) is 3.69. The number of nitrogens with one attached hydrogen (secondary N) is 1. The van der Waals surface area contributed by atoms with E-state index < -0.39 is 0 Å². The van der Waals surface area contributed by atoms with Crippen LogP contribution in [0, 0.1) is 13.8 Å². The van der Waals surface area contributed by atoms with Gasteiger partial charge >= 0.3 is 0 Å². The van der Waals surface area contributed by atoms with Gasteiger partial charge in [0.05, 0.1) is 10.6 Å². The molecule has 0 spiro atoms. The first-order valence-corrected chi connectivity index (χ1v) is 12.2. The molecule has 0 bridgehead atoms. The minimum atomic E-state index is -0.0517. The summed E-state index contributed by atoms with van der Waals surface area (Å²) in [5.74, 6) is 0.639. The van der Waals surface area contributed by atoms with Crippen molar-refractivity contribution in [2.75, 3.05) is 5.32 Å².